The van der Waals surface area contributed by atoms with E-state index in [2.05, 4.69) is 20.1 Å². The van der Waals surface area contributed by atoms with Gasteiger partial charge in [-0.25, -0.2) is 9.78 Å². The molecule has 1 saturated heterocycles. The summed E-state index contributed by atoms with van der Waals surface area (Å²) in [4.78, 5) is 22.4. The normalized spacial score (nSPS) is 27.3. The molecular formula is C10H12N8O5. The second-order valence-corrected chi connectivity index (χ2v) is 4.82. The third-order valence-corrected chi connectivity index (χ3v) is 3.52. The number of nitrogens with zero attached hydrogens (tertiary/aromatic N) is 7. The van der Waals surface area contributed by atoms with Crippen molar-refractivity contribution in [3.05, 3.63) is 27.1 Å². The summed E-state index contributed by atoms with van der Waals surface area (Å²) in [6.45, 7) is -0.499. The SMILES string of the molecule is [N-]=[N+]=Nn1c(N)nc2c(ncn2[C@@H]2O[C@H](CO)[C@@H](O)[C@H]2O)c1=O. The quantitative estimate of drug-likeness (QED) is 0.278. The largest absolute Gasteiger partial charge is 0.394 e. The van der Waals surface area contributed by atoms with Crippen LogP contribution in [0, 0.1) is 0 Å². The Morgan fingerprint density at radius 3 is 2.83 bits per heavy atom. The maximum absolute atomic E-state index is 12.1. The first-order valence-electron chi connectivity index (χ1n) is 6.42. The van der Waals surface area contributed by atoms with Crippen LogP contribution in [0.15, 0.2) is 16.3 Å². The molecule has 0 aliphatic carbocycles. The van der Waals surface area contributed by atoms with Crippen molar-refractivity contribution in [3.63, 3.8) is 0 Å². The molecule has 4 atom stereocenters. The van der Waals surface area contributed by atoms with E-state index in [0.717, 1.165) is 0 Å². The van der Waals surface area contributed by atoms with E-state index in [4.69, 9.17) is 21.1 Å². The van der Waals surface area contributed by atoms with Gasteiger partial charge in [0.2, 0.25) is 0 Å². The van der Waals surface area contributed by atoms with Gasteiger partial charge in [0.1, 0.15) is 18.3 Å². The molecule has 23 heavy (non-hydrogen) atoms. The molecule has 122 valence electrons. The van der Waals surface area contributed by atoms with Crippen molar-refractivity contribution in [2.75, 3.05) is 12.3 Å². The highest BCUT2D eigenvalue weighted by atomic mass is 16.6. The lowest BCUT2D eigenvalue weighted by Crippen LogP contribution is -2.33. The highest BCUT2D eigenvalue weighted by Crippen LogP contribution is 2.30. The fourth-order valence-electron chi connectivity index (χ4n) is 2.40. The molecule has 0 radical (unpaired) electrons. The van der Waals surface area contributed by atoms with Gasteiger partial charge in [0.15, 0.2) is 17.4 Å². The van der Waals surface area contributed by atoms with Gasteiger partial charge in [-0.2, -0.15) is 9.90 Å². The van der Waals surface area contributed by atoms with E-state index in [1.54, 1.807) is 0 Å². The Balaban J connectivity index is 2.14. The maximum atomic E-state index is 12.1. The molecule has 0 aromatic carbocycles. The topological polar surface area (TPSA) is 197 Å². The van der Waals surface area contributed by atoms with E-state index in [0.29, 0.717) is 4.68 Å². The van der Waals surface area contributed by atoms with Crippen molar-refractivity contribution in [2.24, 2.45) is 5.22 Å². The summed E-state index contributed by atoms with van der Waals surface area (Å²) in [6, 6.07) is 0. The number of ether oxygens (including phenoxy) is 1. The minimum Gasteiger partial charge on any atom is -0.394 e. The minimum absolute atomic E-state index is 0.0215. The van der Waals surface area contributed by atoms with Crippen LogP contribution in [-0.4, -0.2) is 59.4 Å². The van der Waals surface area contributed by atoms with E-state index in [1.807, 2.05) is 0 Å². The summed E-state index contributed by atoms with van der Waals surface area (Å²) in [5, 5.41) is 32.0. The van der Waals surface area contributed by atoms with Crippen LogP contribution in [-0.2, 0) is 4.74 Å². The number of nitrogen functional groups attached to an aromatic ring is 1. The summed E-state index contributed by atoms with van der Waals surface area (Å²) >= 11 is 0. The van der Waals surface area contributed by atoms with Gasteiger partial charge < -0.3 is 25.8 Å². The van der Waals surface area contributed by atoms with Crippen LogP contribution in [0.3, 0.4) is 0 Å². The van der Waals surface area contributed by atoms with Gasteiger partial charge in [0.05, 0.1) is 12.9 Å². The first kappa shape index (κ1) is 15.2. The Kier molecular flexibility index (Phi) is 3.63. The smallest absolute Gasteiger partial charge is 0.374 e. The van der Waals surface area contributed by atoms with Crippen molar-refractivity contribution in [3.8, 4) is 0 Å². The van der Waals surface area contributed by atoms with Crippen molar-refractivity contribution in [2.45, 2.75) is 24.5 Å². The van der Waals surface area contributed by atoms with Crippen molar-refractivity contribution < 1.29 is 20.1 Å². The number of aliphatic hydroxyl groups excluding tert-OH is 3. The molecule has 1 aliphatic heterocycles. The van der Waals surface area contributed by atoms with Crippen LogP contribution in [0.4, 0.5) is 5.95 Å². The fraction of sp³-hybridized carbons (Fsp3) is 0.500. The predicted octanol–water partition coefficient (Wildman–Crippen LogP) is -2.14. The molecule has 0 spiro atoms. The number of aliphatic hydroxyl groups is 3. The third-order valence-electron chi connectivity index (χ3n) is 3.52. The lowest BCUT2D eigenvalue weighted by molar-refractivity contribution is -0.0511. The van der Waals surface area contributed by atoms with Crippen LogP contribution in [0.5, 0.6) is 0 Å². The fourth-order valence-corrected chi connectivity index (χ4v) is 2.40. The van der Waals surface area contributed by atoms with Crippen LogP contribution in [0.2, 0.25) is 0 Å². The summed E-state index contributed by atoms with van der Waals surface area (Å²) < 4.78 is 7.09. The van der Waals surface area contributed by atoms with Crippen LogP contribution in [0.1, 0.15) is 6.23 Å². The lowest BCUT2D eigenvalue weighted by Gasteiger charge is -2.16. The number of rotatable bonds is 3. The molecule has 0 unspecified atom stereocenters. The monoisotopic (exact) mass is 324 g/mol. The number of azide groups is 1. The zero-order chi connectivity index (χ0) is 16.7. The molecule has 5 N–H and O–H groups in total. The molecule has 3 rings (SSSR count). The number of nitrogens with two attached hydrogens (primary N) is 1. The van der Waals surface area contributed by atoms with Gasteiger partial charge >= 0.3 is 11.5 Å². The van der Waals surface area contributed by atoms with Gasteiger partial charge in [-0.3, -0.25) is 4.57 Å². The minimum atomic E-state index is -1.37. The second-order valence-electron chi connectivity index (χ2n) is 4.82. The standard InChI is InChI=1S/C10H12N8O5/c11-10-14-7-4(8(22)18(10)16-15-12)13-2-17(7)9-6(21)5(20)3(1-19)23-9/h2-3,5-6,9,19-21H,1H2,(H2,11,14)/t3-,5-,6-,9-/m1/s1. The van der Waals surface area contributed by atoms with Gasteiger partial charge in [-0.05, 0) is 5.22 Å². The zero-order valence-corrected chi connectivity index (χ0v) is 11.5. The summed E-state index contributed by atoms with van der Waals surface area (Å²) in [5.74, 6) is -0.381. The third kappa shape index (κ3) is 2.19. The van der Waals surface area contributed by atoms with E-state index in [9.17, 15) is 15.0 Å². The number of hydrogen-bond donors (Lipinski definition) is 4. The Bertz CT molecular complexity index is 855. The number of fused-ring (bicyclic) bond motifs is 1. The van der Waals surface area contributed by atoms with Crippen molar-refractivity contribution >= 4 is 17.1 Å². The zero-order valence-electron chi connectivity index (χ0n) is 11.5. The number of imidazole rings is 1. The average molecular weight is 324 g/mol. The van der Waals surface area contributed by atoms with Gasteiger partial charge in [-0.15, -0.1) is 10.2 Å². The highest BCUT2D eigenvalue weighted by Gasteiger charge is 2.44. The van der Waals surface area contributed by atoms with E-state index in [-0.39, 0.29) is 17.1 Å². The summed E-state index contributed by atoms with van der Waals surface area (Å²) in [5.41, 5.74) is 13.0. The number of hydrogen-bond acceptors (Lipinski definition) is 9. The Morgan fingerprint density at radius 2 is 2.22 bits per heavy atom. The Labute approximate surface area is 126 Å². The predicted molar refractivity (Wildman–Crippen MR) is 73.8 cm³/mol. The van der Waals surface area contributed by atoms with Crippen molar-refractivity contribution in [1.29, 1.82) is 0 Å². The molecule has 0 bridgehead atoms. The average Bonchev–Trinajstić information content (AvgIpc) is 3.06. The maximum Gasteiger partial charge on any atom is 0.374 e. The van der Waals surface area contributed by atoms with E-state index >= 15 is 0 Å². The molecule has 2 aromatic heterocycles. The Morgan fingerprint density at radius 1 is 1.48 bits per heavy atom. The van der Waals surface area contributed by atoms with E-state index < -0.39 is 36.7 Å². The highest BCUT2D eigenvalue weighted by molar-refractivity contribution is 5.71. The summed E-state index contributed by atoms with van der Waals surface area (Å²) in [6.07, 6.45) is -3.63. The molecule has 13 nitrogen and oxygen atoms in total. The van der Waals surface area contributed by atoms with E-state index in [1.165, 1.54) is 10.9 Å². The van der Waals surface area contributed by atoms with Gasteiger partial charge in [0.25, 0.3) is 0 Å². The molecule has 0 amide bonds. The molecule has 0 saturated carbocycles. The summed E-state index contributed by atoms with van der Waals surface area (Å²) in [7, 11) is 0. The molecule has 2 aromatic rings. The van der Waals surface area contributed by atoms with Crippen molar-refractivity contribution in [1.82, 2.24) is 19.2 Å². The molecule has 13 heteroatoms. The van der Waals surface area contributed by atoms with Crippen LogP contribution in [0.25, 0.3) is 21.6 Å². The molecule has 1 fully saturated rings. The molecule has 1 aliphatic rings. The second kappa shape index (κ2) is 5.49. The first-order valence-corrected chi connectivity index (χ1v) is 6.42. The van der Waals surface area contributed by atoms with Crippen LogP contribution >= 0.6 is 0 Å². The number of anilines is 1. The van der Waals surface area contributed by atoms with Gasteiger partial charge in [0, 0.05) is 0 Å². The first-order chi connectivity index (χ1) is 11.0. The lowest BCUT2D eigenvalue weighted by atomic mass is 10.1. The Hall–Kier alpha value is -2.70. The number of aromatic nitrogens is 4. The van der Waals surface area contributed by atoms with Crippen LogP contribution < -0.4 is 11.3 Å². The van der Waals surface area contributed by atoms with Gasteiger partial charge in [-0.1, -0.05) is 0 Å². The molecular weight excluding hydrogens is 312 g/mol. The molecule has 3 heterocycles.